The van der Waals surface area contributed by atoms with Gasteiger partial charge in [0.2, 0.25) is 0 Å². The first-order valence-corrected chi connectivity index (χ1v) is 4.73. The van der Waals surface area contributed by atoms with Crippen LogP contribution in [0.2, 0.25) is 0 Å². The first kappa shape index (κ1) is 10.4. The molecule has 1 N–H and O–H groups in total. The number of halogens is 2. The first-order valence-electron chi connectivity index (χ1n) is 3.66. The predicted octanol–water partition coefficient (Wildman–Crippen LogP) is 2.86. The third kappa shape index (κ3) is 2.36. The second-order valence-corrected chi connectivity index (χ2v) is 3.10. The van der Waals surface area contributed by atoms with Gasteiger partial charge < -0.3 is 5.11 Å². The molecule has 0 unspecified atom stereocenters. The first-order chi connectivity index (χ1) is 6.19. The molecule has 2 nitrogen and oxygen atoms in total. The number of benzene rings is 1. The van der Waals surface area contributed by atoms with Crippen LogP contribution in [0.4, 0.5) is 0 Å². The van der Waals surface area contributed by atoms with Crippen LogP contribution in [-0.2, 0) is 11.8 Å². The maximum Gasteiger partial charge on any atom is 0.336 e. The molecule has 70 valence electrons. The monoisotopic (exact) mass is 218 g/mol. The largest absolute Gasteiger partial charge is 0.478 e. The minimum Gasteiger partial charge on any atom is -0.478 e. The zero-order chi connectivity index (χ0) is 9.84. The fourth-order valence-corrected chi connectivity index (χ4v) is 1.42. The number of carbonyl (C=O) groups is 1. The van der Waals surface area contributed by atoms with E-state index in [0.717, 1.165) is 5.56 Å². The topological polar surface area (TPSA) is 37.3 Å². The average molecular weight is 219 g/mol. The van der Waals surface area contributed by atoms with Gasteiger partial charge in [0.15, 0.2) is 0 Å². The summed E-state index contributed by atoms with van der Waals surface area (Å²) in [5.74, 6) is -0.463. The summed E-state index contributed by atoms with van der Waals surface area (Å²) in [7, 11) is 0. The molecule has 1 aromatic rings. The van der Waals surface area contributed by atoms with Crippen molar-refractivity contribution < 1.29 is 9.90 Å². The maximum atomic E-state index is 10.7. The minimum atomic E-state index is -0.970. The highest BCUT2D eigenvalue weighted by molar-refractivity contribution is 6.18. The van der Waals surface area contributed by atoms with Gasteiger partial charge in [-0.1, -0.05) is 12.1 Å². The van der Waals surface area contributed by atoms with Crippen LogP contribution >= 0.6 is 23.2 Å². The molecule has 1 rings (SSSR count). The van der Waals surface area contributed by atoms with Gasteiger partial charge in [0.05, 0.1) is 5.56 Å². The Balaban J connectivity index is 3.18. The van der Waals surface area contributed by atoms with Crippen LogP contribution in [0.5, 0.6) is 0 Å². The predicted molar refractivity (Wildman–Crippen MR) is 52.5 cm³/mol. The number of carboxylic acid groups (broad SMARTS) is 1. The lowest BCUT2D eigenvalue weighted by Crippen LogP contribution is -2.01. The van der Waals surface area contributed by atoms with Crippen molar-refractivity contribution in [3.05, 3.63) is 34.9 Å². The minimum absolute atomic E-state index is 0.199. The Morgan fingerprint density at radius 1 is 1.31 bits per heavy atom. The molecule has 0 aliphatic heterocycles. The lowest BCUT2D eigenvalue weighted by molar-refractivity contribution is 0.0696. The molecule has 13 heavy (non-hydrogen) atoms. The third-order valence-electron chi connectivity index (χ3n) is 1.70. The Bertz CT molecular complexity index is 323. The van der Waals surface area contributed by atoms with E-state index in [2.05, 4.69) is 0 Å². The van der Waals surface area contributed by atoms with Crippen LogP contribution in [0.1, 0.15) is 21.5 Å². The molecule has 0 bridgehead atoms. The Morgan fingerprint density at radius 2 is 2.00 bits per heavy atom. The summed E-state index contributed by atoms with van der Waals surface area (Å²) < 4.78 is 0. The molecule has 0 aromatic heterocycles. The molecule has 0 saturated heterocycles. The van der Waals surface area contributed by atoms with Crippen LogP contribution < -0.4 is 0 Å². The summed E-state index contributed by atoms with van der Waals surface area (Å²) in [6.45, 7) is 0. The number of alkyl halides is 2. The summed E-state index contributed by atoms with van der Waals surface area (Å²) in [6.07, 6.45) is 0. The van der Waals surface area contributed by atoms with E-state index in [1.54, 1.807) is 18.2 Å². The Morgan fingerprint density at radius 3 is 2.46 bits per heavy atom. The number of rotatable bonds is 3. The number of hydrogen-bond acceptors (Lipinski definition) is 1. The van der Waals surface area contributed by atoms with E-state index in [1.807, 2.05) is 0 Å². The lowest BCUT2D eigenvalue weighted by Gasteiger charge is -2.03. The molecular weight excluding hydrogens is 211 g/mol. The zero-order valence-corrected chi connectivity index (χ0v) is 8.27. The number of carboxylic acids is 1. The summed E-state index contributed by atoms with van der Waals surface area (Å²) in [4.78, 5) is 10.7. The van der Waals surface area contributed by atoms with Crippen molar-refractivity contribution in [1.82, 2.24) is 0 Å². The smallest absolute Gasteiger partial charge is 0.336 e. The van der Waals surface area contributed by atoms with E-state index in [1.165, 1.54) is 0 Å². The second kappa shape index (κ2) is 4.49. The Labute approximate surface area is 86.1 Å². The highest BCUT2D eigenvalue weighted by atomic mass is 35.5. The Hall–Kier alpha value is -0.730. The van der Waals surface area contributed by atoms with Gasteiger partial charge >= 0.3 is 5.97 Å². The van der Waals surface area contributed by atoms with E-state index >= 15 is 0 Å². The molecule has 0 amide bonds. The van der Waals surface area contributed by atoms with E-state index in [-0.39, 0.29) is 11.4 Å². The van der Waals surface area contributed by atoms with Crippen molar-refractivity contribution in [3.8, 4) is 0 Å². The van der Waals surface area contributed by atoms with Gasteiger partial charge in [-0.05, 0) is 17.2 Å². The van der Waals surface area contributed by atoms with Gasteiger partial charge in [-0.25, -0.2) is 4.79 Å². The number of hydrogen-bond donors (Lipinski definition) is 1. The van der Waals surface area contributed by atoms with E-state index < -0.39 is 5.97 Å². The number of aromatic carboxylic acids is 1. The SMILES string of the molecule is O=C(O)c1cc(CCl)ccc1CCl. The summed E-state index contributed by atoms with van der Waals surface area (Å²) in [6, 6.07) is 5.01. The molecule has 1 aromatic carbocycles. The fourth-order valence-electron chi connectivity index (χ4n) is 1.02. The molecule has 4 heteroatoms. The van der Waals surface area contributed by atoms with Gasteiger partial charge in [-0.3, -0.25) is 0 Å². The van der Waals surface area contributed by atoms with Crippen LogP contribution in [0.25, 0.3) is 0 Å². The summed E-state index contributed by atoms with van der Waals surface area (Å²) >= 11 is 11.1. The van der Waals surface area contributed by atoms with E-state index in [4.69, 9.17) is 28.3 Å². The van der Waals surface area contributed by atoms with Crippen LogP contribution in [-0.4, -0.2) is 11.1 Å². The van der Waals surface area contributed by atoms with Gasteiger partial charge in [0.25, 0.3) is 0 Å². The molecule has 0 atom stereocenters. The van der Waals surface area contributed by atoms with Crippen molar-refractivity contribution >= 4 is 29.2 Å². The van der Waals surface area contributed by atoms with E-state index in [9.17, 15) is 4.79 Å². The molecule has 0 aliphatic carbocycles. The average Bonchev–Trinajstić information content (AvgIpc) is 2.16. The highest BCUT2D eigenvalue weighted by Gasteiger charge is 2.09. The van der Waals surface area contributed by atoms with Gasteiger partial charge in [-0.15, -0.1) is 23.2 Å². The van der Waals surface area contributed by atoms with Crippen molar-refractivity contribution in [3.63, 3.8) is 0 Å². The van der Waals surface area contributed by atoms with Crippen LogP contribution in [0.3, 0.4) is 0 Å². The molecule has 0 aliphatic rings. The molecule has 0 saturated carbocycles. The van der Waals surface area contributed by atoms with Gasteiger partial charge in [0, 0.05) is 11.8 Å². The molecular formula is C9H8Cl2O2. The Kier molecular flexibility index (Phi) is 3.58. The van der Waals surface area contributed by atoms with Crippen molar-refractivity contribution in [1.29, 1.82) is 0 Å². The fraction of sp³-hybridized carbons (Fsp3) is 0.222. The normalized spacial score (nSPS) is 10.0. The molecule has 0 radical (unpaired) electrons. The van der Waals surface area contributed by atoms with E-state index in [0.29, 0.717) is 11.4 Å². The summed E-state index contributed by atoms with van der Waals surface area (Å²) in [5, 5.41) is 8.81. The molecule has 0 fully saturated rings. The maximum absolute atomic E-state index is 10.7. The lowest BCUT2D eigenvalue weighted by atomic mass is 10.1. The molecule has 0 spiro atoms. The third-order valence-corrected chi connectivity index (χ3v) is 2.30. The van der Waals surface area contributed by atoms with Crippen molar-refractivity contribution in [2.24, 2.45) is 0 Å². The zero-order valence-electron chi connectivity index (χ0n) is 6.76. The highest BCUT2D eigenvalue weighted by Crippen LogP contribution is 2.15. The molecule has 0 heterocycles. The van der Waals surface area contributed by atoms with Gasteiger partial charge in [-0.2, -0.15) is 0 Å². The quantitative estimate of drug-likeness (QED) is 0.793. The standard InChI is InChI=1S/C9H8Cl2O2/c10-4-6-1-2-7(5-11)8(3-6)9(12)13/h1-3H,4-5H2,(H,12,13). The van der Waals surface area contributed by atoms with Gasteiger partial charge in [0.1, 0.15) is 0 Å². The van der Waals surface area contributed by atoms with Crippen molar-refractivity contribution in [2.45, 2.75) is 11.8 Å². The summed E-state index contributed by atoms with van der Waals surface area (Å²) in [5.41, 5.74) is 1.63. The van der Waals surface area contributed by atoms with Crippen molar-refractivity contribution in [2.75, 3.05) is 0 Å². The van der Waals surface area contributed by atoms with Crippen LogP contribution in [0.15, 0.2) is 18.2 Å². The van der Waals surface area contributed by atoms with Crippen LogP contribution in [0, 0.1) is 0 Å². The second-order valence-electron chi connectivity index (χ2n) is 2.56.